The molecule has 1 N–H and O–H groups in total. The smallest absolute Gasteiger partial charge is 0.270 e. The molecule has 0 atom stereocenters. The Balaban J connectivity index is 1.97. The molecule has 0 bridgehead atoms. The number of nitro groups is 2. The highest BCUT2D eigenvalue weighted by Crippen LogP contribution is 2.31. The van der Waals surface area contributed by atoms with E-state index in [2.05, 4.69) is 10.5 Å². The molecule has 1 fully saturated rings. The lowest BCUT2D eigenvalue weighted by Gasteiger charge is -2.26. The lowest BCUT2D eigenvalue weighted by molar-refractivity contribution is -0.385. The third-order valence-corrected chi connectivity index (χ3v) is 7.14. The van der Waals surface area contributed by atoms with Gasteiger partial charge in [-0.25, -0.2) is 8.42 Å². The third-order valence-electron chi connectivity index (χ3n) is 5.20. The monoisotopic (exact) mass is 476 g/mol. The molecule has 33 heavy (non-hydrogen) atoms. The van der Waals surface area contributed by atoms with Crippen molar-refractivity contribution in [2.75, 3.05) is 37.5 Å². The van der Waals surface area contributed by atoms with Crippen LogP contribution in [-0.4, -0.2) is 56.0 Å². The quantitative estimate of drug-likeness (QED) is 0.346. The van der Waals surface area contributed by atoms with Crippen molar-refractivity contribution in [1.29, 1.82) is 0 Å². The number of sulfonamides is 1. The van der Waals surface area contributed by atoms with Gasteiger partial charge in [0.2, 0.25) is 10.0 Å². The predicted molar refractivity (Wildman–Crippen MR) is 124 cm³/mol. The first-order valence-electron chi connectivity index (χ1n) is 10.1. The second-order valence-corrected chi connectivity index (χ2v) is 9.57. The minimum absolute atomic E-state index is 0.0688. The molecule has 1 aliphatic heterocycles. The van der Waals surface area contributed by atoms with Crippen LogP contribution in [0, 0.1) is 20.2 Å². The zero-order valence-electron chi connectivity index (χ0n) is 18.2. The molecule has 0 aliphatic carbocycles. The number of piperidine rings is 1. The van der Waals surface area contributed by atoms with Gasteiger partial charge in [-0.05, 0) is 25.0 Å². The van der Waals surface area contributed by atoms with Gasteiger partial charge >= 0.3 is 0 Å². The maximum absolute atomic E-state index is 13.2. The maximum atomic E-state index is 13.2. The van der Waals surface area contributed by atoms with E-state index < -0.39 is 19.9 Å². The number of non-ortho nitro benzene ring substituents is 2. The summed E-state index contributed by atoms with van der Waals surface area (Å²) in [5.74, 6) is 0. The molecule has 2 aromatic carbocycles. The lowest BCUT2D eigenvalue weighted by Crippen LogP contribution is -2.35. The van der Waals surface area contributed by atoms with Crippen molar-refractivity contribution in [2.45, 2.75) is 24.2 Å². The molecule has 1 saturated heterocycles. The van der Waals surface area contributed by atoms with Crippen LogP contribution in [-0.2, 0) is 10.0 Å². The number of anilines is 2. The normalized spacial score (nSPS) is 14.8. The van der Waals surface area contributed by atoms with E-state index in [1.54, 1.807) is 25.1 Å². The number of benzene rings is 2. The summed E-state index contributed by atoms with van der Waals surface area (Å²) in [6, 6.07) is 7.79. The topological polar surface area (TPSA) is 151 Å². The summed E-state index contributed by atoms with van der Waals surface area (Å²) in [7, 11) is -0.450. The highest BCUT2D eigenvalue weighted by molar-refractivity contribution is 7.89. The highest BCUT2D eigenvalue weighted by atomic mass is 32.2. The minimum Gasteiger partial charge on any atom is -0.377 e. The summed E-state index contributed by atoms with van der Waals surface area (Å²) in [5.41, 5.74) is 3.33. The van der Waals surface area contributed by atoms with Gasteiger partial charge in [0.15, 0.2) is 0 Å². The molecule has 0 aromatic heterocycles. The summed E-state index contributed by atoms with van der Waals surface area (Å²) in [6.45, 7) is 0.682. The Morgan fingerprint density at radius 3 is 2.21 bits per heavy atom. The molecule has 13 heteroatoms. The van der Waals surface area contributed by atoms with Crippen molar-refractivity contribution in [3.05, 3.63) is 62.2 Å². The van der Waals surface area contributed by atoms with E-state index in [4.69, 9.17) is 0 Å². The van der Waals surface area contributed by atoms with Crippen LogP contribution >= 0.6 is 0 Å². The lowest BCUT2D eigenvalue weighted by atomic mass is 10.1. The average molecular weight is 477 g/mol. The average Bonchev–Trinajstić information content (AvgIpc) is 2.79. The molecule has 0 unspecified atom stereocenters. The predicted octanol–water partition coefficient (Wildman–Crippen LogP) is 3.19. The number of hydrogen-bond acceptors (Lipinski definition) is 9. The van der Waals surface area contributed by atoms with Crippen molar-refractivity contribution in [3.63, 3.8) is 0 Å². The Morgan fingerprint density at radius 2 is 1.61 bits per heavy atom. The number of nitrogens with one attached hydrogen (secondary N) is 1. The third kappa shape index (κ3) is 5.43. The van der Waals surface area contributed by atoms with E-state index >= 15 is 0 Å². The van der Waals surface area contributed by atoms with Crippen molar-refractivity contribution in [1.82, 2.24) is 4.31 Å². The Bertz CT molecular complexity index is 1190. The molecule has 0 spiro atoms. The second kappa shape index (κ2) is 9.92. The van der Waals surface area contributed by atoms with E-state index in [0.717, 1.165) is 25.3 Å². The van der Waals surface area contributed by atoms with Gasteiger partial charge in [-0.1, -0.05) is 6.42 Å². The fraction of sp³-hybridized carbons (Fsp3) is 0.350. The van der Waals surface area contributed by atoms with Gasteiger partial charge in [-0.2, -0.15) is 9.41 Å². The zero-order valence-corrected chi connectivity index (χ0v) is 19.0. The summed E-state index contributed by atoms with van der Waals surface area (Å²) < 4.78 is 27.7. The van der Waals surface area contributed by atoms with E-state index in [-0.39, 0.29) is 22.0 Å². The van der Waals surface area contributed by atoms with Crippen LogP contribution in [0.15, 0.2) is 46.4 Å². The molecule has 2 aromatic rings. The number of hydrogen-bond donors (Lipinski definition) is 1. The van der Waals surface area contributed by atoms with Crippen LogP contribution in [0.3, 0.4) is 0 Å². The van der Waals surface area contributed by atoms with E-state index in [1.807, 2.05) is 0 Å². The molecule has 12 nitrogen and oxygen atoms in total. The van der Waals surface area contributed by atoms with Gasteiger partial charge in [0, 0.05) is 62.7 Å². The minimum atomic E-state index is -3.99. The largest absolute Gasteiger partial charge is 0.377 e. The fourth-order valence-corrected chi connectivity index (χ4v) is 5.19. The van der Waals surface area contributed by atoms with Crippen molar-refractivity contribution < 1.29 is 18.3 Å². The molecule has 1 heterocycles. The van der Waals surface area contributed by atoms with Gasteiger partial charge < -0.3 is 4.90 Å². The molecule has 3 rings (SSSR count). The van der Waals surface area contributed by atoms with Gasteiger partial charge in [-0.15, -0.1) is 0 Å². The van der Waals surface area contributed by atoms with Gasteiger partial charge in [-0.3, -0.25) is 25.7 Å². The Labute approximate surface area is 190 Å². The molecule has 0 amide bonds. The van der Waals surface area contributed by atoms with Crippen LogP contribution in [0.25, 0.3) is 0 Å². The summed E-state index contributed by atoms with van der Waals surface area (Å²) in [5, 5.41) is 26.4. The van der Waals surface area contributed by atoms with Crippen LogP contribution in [0.1, 0.15) is 24.8 Å². The second-order valence-electron chi connectivity index (χ2n) is 7.67. The zero-order chi connectivity index (χ0) is 24.2. The first-order chi connectivity index (χ1) is 15.6. The standard InChI is InChI=1S/C20H24N6O6S/c1-23(2)19-9-7-16(25(27)28)12-15(19)14-21-22-18-8-6-17(26(29)30)13-20(18)33(31,32)24-10-4-3-5-11-24/h6-9,12-14,22H,3-5,10-11H2,1-2H3/b21-14-. The Hall–Kier alpha value is -3.58. The van der Waals surface area contributed by atoms with E-state index in [9.17, 15) is 28.6 Å². The van der Waals surface area contributed by atoms with Crippen LogP contribution in [0.4, 0.5) is 22.7 Å². The highest BCUT2D eigenvalue weighted by Gasteiger charge is 2.30. The number of nitrogens with zero attached hydrogens (tertiary/aromatic N) is 5. The van der Waals surface area contributed by atoms with Gasteiger partial charge in [0.25, 0.3) is 11.4 Å². The number of rotatable bonds is 8. The summed E-state index contributed by atoms with van der Waals surface area (Å²) >= 11 is 0. The molecule has 1 aliphatic rings. The SMILES string of the molecule is CN(C)c1ccc([N+](=O)[O-])cc1/C=N\Nc1ccc([N+](=O)[O-])cc1S(=O)(=O)N1CCCCC1. The van der Waals surface area contributed by atoms with Crippen LogP contribution in [0.5, 0.6) is 0 Å². The van der Waals surface area contributed by atoms with Crippen LogP contribution < -0.4 is 10.3 Å². The molecule has 0 radical (unpaired) electrons. The maximum Gasteiger partial charge on any atom is 0.270 e. The van der Waals surface area contributed by atoms with Crippen molar-refractivity contribution in [2.24, 2.45) is 5.10 Å². The van der Waals surface area contributed by atoms with Crippen molar-refractivity contribution in [3.8, 4) is 0 Å². The van der Waals surface area contributed by atoms with Gasteiger partial charge in [0.05, 0.1) is 21.7 Å². The molecular formula is C20H24N6O6S. The van der Waals surface area contributed by atoms with Crippen LogP contribution in [0.2, 0.25) is 0 Å². The van der Waals surface area contributed by atoms with E-state index in [1.165, 1.54) is 34.8 Å². The number of nitro benzene ring substituents is 2. The summed E-state index contributed by atoms with van der Waals surface area (Å²) in [4.78, 5) is 22.7. The molecular weight excluding hydrogens is 452 g/mol. The molecule has 0 saturated carbocycles. The fourth-order valence-electron chi connectivity index (χ4n) is 3.51. The Morgan fingerprint density at radius 1 is 1.00 bits per heavy atom. The van der Waals surface area contributed by atoms with Gasteiger partial charge in [0.1, 0.15) is 4.90 Å². The first-order valence-corrected chi connectivity index (χ1v) is 11.6. The molecule has 176 valence electrons. The Kier molecular flexibility index (Phi) is 7.23. The summed E-state index contributed by atoms with van der Waals surface area (Å²) in [6.07, 6.45) is 3.69. The van der Waals surface area contributed by atoms with E-state index in [0.29, 0.717) is 24.3 Å². The first kappa shape index (κ1) is 24.1. The van der Waals surface area contributed by atoms with Crippen molar-refractivity contribution >= 4 is 39.0 Å². The number of hydrazone groups is 1.